The van der Waals surface area contributed by atoms with E-state index < -0.39 is 0 Å². The zero-order chi connectivity index (χ0) is 19.9. The lowest BCUT2D eigenvalue weighted by Crippen LogP contribution is -2.22. The van der Waals surface area contributed by atoms with Crippen LogP contribution in [0.2, 0.25) is 0 Å². The molecule has 1 aromatic carbocycles. The van der Waals surface area contributed by atoms with Crippen LogP contribution >= 0.6 is 15.9 Å². The van der Waals surface area contributed by atoms with Crippen LogP contribution in [-0.2, 0) is 0 Å². The minimum absolute atomic E-state index is 0.0549. The summed E-state index contributed by atoms with van der Waals surface area (Å²) in [4.78, 5) is 3.98. The number of rotatable bonds is 15. The molecule has 0 aromatic heterocycles. The Morgan fingerprint density at radius 2 is 1.67 bits per heavy atom. The summed E-state index contributed by atoms with van der Waals surface area (Å²) in [7, 11) is 0. The molecule has 0 heterocycles. The maximum atomic E-state index is 7.43. The summed E-state index contributed by atoms with van der Waals surface area (Å²) in [6.45, 7) is 3.49. The number of amidine groups is 1. The third-order valence-corrected chi connectivity index (χ3v) is 4.67. The smallest absolute Gasteiger partial charge is 0.185 e. The number of hydrogen-bond donors (Lipinski definition) is 5. The summed E-state index contributed by atoms with van der Waals surface area (Å²) < 4.78 is 6.59. The van der Waals surface area contributed by atoms with Gasteiger partial charge < -0.3 is 27.3 Å². The molecule has 0 aliphatic carbocycles. The third-order valence-electron chi connectivity index (χ3n) is 4.05. The normalized spacial score (nSPS) is 10.6. The fraction of sp³-hybridized carbons (Fsp3) is 0.579. The van der Waals surface area contributed by atoms with Gasteiger partial charge in [-0.1, -0.05) is 19.3 Å². The van der Waals surface area contributed by atoms with Crippen LogP contribution in [0.4, 0.5) is 0 Å². The van der Waals surface area contributed by atoms with Gasteiger partial charge in [0.1, 0.15) is 11.6 Å². The van der Waals surface area contributed by atoms with Crippen LogP contribution in [0.25, 0.3) is 0 Å². The largest absolute Gasteiger partial charge is 0.492 e. The summed E-state index contributed by atoms with van der Waals surface area (Å²) >= 11 is 3.45. The molecule has 0 atom stereocenters. The van der Waals surface area contributed by atoms with Crippen LogP contribution in [0.1, 0.15) is 50.5 Å². The highest BCUT2D eigenvalue weighted by Crippen LogP contribution is 2.26. The number of nitrogens with one attached hydrogen (secondary N) is 2. The van der Waals surface area contributed by atoms with Crippen molar-refractivity contribution in [2.75, 3.05) is 26.2 Å². The molecule has 27 heavy (non-hydrogen) atoms. The molecule has 0 saturated carbocycles. The SMILES string of the molecule is N=C(N)c1ccc(OCCCCNCCCCCCCN=C(N)N)c(Br)c1. The molecule has 0 fully saturated rings. The van der Waals surface area contributed by atoms with Crippen molar-refractivity contribution in [3.8, 4) is 5.75 Å². The Morgan fingerprint density at radius 1 is 1.00 bits per heavy atom. The fourth-order valence-electron chi connectivity index (χ4n) is 2.54. The second-order valence-corrected chi connectivity index (χ2v) is 7.29. The van der Waals surface area contributed by atoms with Crippen LogP contribution in [0.15, 0.2) is 27.7 Å². The van der Waals surface area contributed by atoms with Crippen molar-refractivity contribution in [2.24, 2.45) is 22.2 Å². The predicted octanol–water partition coefficient (Wildman–Crippen LogP) is 2.71. The number of halogens is 1. The van der Waals surface area contributed by atoms with E-state index in [1.54, 1.807) is 12.1 Å². The van der Waals surface area contributed by atoms with E-state index in [1.165, 1.54) is 25.7 Å². The second kappa shape index (κ2) is 14.3. The third kappa shape index (κ3) is 11.5. The van der Waals surface area contributed by atoms with Crippen molar-refractivity contribution in [1.29, 1.82) is 5.41 Å². The number of guanidine groups is 1. The summed E-state index contributed by atoms with van der Waals surface area (Å²) in [6.07, 6.45) is 7.99. The monoisotopic (exact) mass is 440 g/mol. The molecule has 0 saturated heterocycles. The standard InChI is InChI=1S/C19H33BrN6O/c20-16-14-15(18(21)22)8-9-17(16)27-13-7-6-11-25-10-4-2-1-3-5-12-26-19(23)24/h8-9,14,25H,1-7,10-13H2,(H3,21,22)(H4,23,24,26). The van der Waals surface area contributed by atoms with E-state index in [0.717, 1.165) is 49.1 Å². The molecule has 0 unspecified atom stereocenters. The summed E-state index contributed by atoms with van der Waals surface area (Å²) in [6, 6.07) is 5.45. The maximum Gasteiger partial charge on any atom is 0.185 e. The molecular formula is C19H33BrN6O. The van der Waals surface area contributed by atoms with Gasteiger partial charge in [-0.2, -0.15) is 0 Å². The van der Waals surface area contributed by atoms with Gasteiger partial charge in [-0.25, -0.2) is 0 Å². The van der Waals surface area contributed by atoms with E-state index >= 15 is 0 Å². The molecule has 1 aromatic rings. The number of nitrogens with zero attached hydrogens (tertiary/aromatic N) is 1. The summed E-state index contributed by atoms with van der Waals surface area (Å²) in [5.41, 5.74) is 16.7. The second-order valence-electron chi connectivity index (χ2n) is 6.44. The Kier molecular flexibility index (Phi) is 12.3. The quantitative estimate of drug-likeness (QED) is 0.162. The highest BCUT2D eigenvalue weighted by atomic mass is 79.9. The molecule has 7 nitrogen and oxygen atoms in total. The first kappa shape index (κ1) is 23.2. The van der Waals surface area contributed by atoms with Crippen molar-refractivity contribution in [3.63, 3.8) is 0 Å². The Hall–Kier alpha value is -1.80. The number of aliphatic imine (C=N–C) groups is 1. The van der Waals surface area contributed by atoms with Gasteiger partial charge in [-0.3, -0.25) is 10.4 Å². The van der Waals surface area contributed by atoms with E-state index in [4.69, 9.17) is 27.3 Å². The van der Waals surface area contributed by atoms with Gasteiger partial charge in [0.15, 0.2) is 5.96 Å². The van der Waals surface area contributed by atoms with Crippen molar-refractivity contribution in [3.05, 3.63) is 28.2 Å². The molecule has 0 radical (unpaired) electrons. The van der Waals surface area contributed by atoms with Gasteiger partial charge in [0.25, 0.3) is 0 Å². The van der Waals surface area contributed by atoms with Crippen LogP contribution in [-0.4, -0.2) is 38.0 Å². The first-order valence-electron chi connectivity index (χ1n) is 9.53. The van der Waals surface area contributed by atoms with Crippen LogP contribution in [0, 0.1) is 5.41 Å². The molecule has 0 spiro atoms. The highest BCUT2D eigenvalue weighted by Gasteiger charge is 2.04. The molecule has 8 heteroatoms. The summed E-state index contributed by atoms with van der Waals surface area (Å²) in [5, 5.41) is 10.9. The van der Waals surface area contributed by atoms with E-state index in [0.29, 0.717) is 12.2 Å². The van der Waals surface area contributed by atoms with Crippen molar-refractivity contribution in [2.45, 2.75) is 44.9 Å². The average molecular weight is 441 g/mol. The van der Waals surface area contributed by atoms with Crippen LogP contribution in [0.3, 0.4) is 0 Å². The zero-order valence-corrected chi connectivity index (χ0v) is 17.6. The van der Waals surface area contributed by atoms with E-state index in [1.807, 2.05) is 6.07 Å². The van der Waals surface area contributed by atoms with Gasteiger partial charge in [0.2, 0.25) is 0 Å². The Morgan fingerprint density at radius 3 is 2.33 bits per heavy atom. The molecule has 152 valence electrons. The molecule has 8 N–H and O–H groups in total. The zero-order valence-electron chi connectivity index (χ0n) is 16.0. The van der Waals surface area contributed by atoms with Gasteiger partial charge in [0.05, 0.1) is 11.1 Å². The fourth-order valence-corrected chi connectivity index (χ4v) is 3.04. The predicted molar refractivity (Wildman–Crippen MR) is 117 cm³/mol. The van der Waals surface area contributed by atoms with Crippen LogP contribution < -0.4 is 27.3 Å². The van der Waals surface area contributed by atoms with Crippen LogP contribution in [0.5, 0.6) is 5.75 Å². The molecule has 0 amide bonds. The minimum Gasteiger partial charge on any atom is -0.492 e. The number of ether oxygens (including phenoxy) is 1. The number of hydrogen-bond acceptors (Lipinski definition) is 4. The van der Waals surface area contributed by atoms with E-state index in [2.05, 4.69) is 26.2 Å². The van der Waals surface area contributed by atoms with Crippen molar-refractivity contribution < 1.29 is 4.74 Å². The van der Waals surface area contributed by atoms with Crippen molar-refractivity contribution >= 4 is 27.7 Å². The average Bonchev–Trinajstić information content (AvgIpc) is 2.62. The molecule has 1 rings (SSSR count). The Balaban J connectivity index is 1.93. The number of nitrogen functional groups attached to an aromatic ring is 1. The Bertz CT molecular complexity index is 590. The van der Waals surface area contributed by atoms with Gasteiger partial charge in [0, 0.05) is 12.1 Å². The van der Waals surface area contributed by atoms with E-state index in [-0.39, 0.29) is 11.8 Å². The first-order chi connectivity index (χ1) is 13.0. The van der Waals surface area contributed by atoms with Gasteiger partial charge >= 0.3 is 0 Å². The topological polar surface area (TPSA) is 136 Å². The van der Waals surface area contributed by atoms with E-state index in [9.17, 15) is 0 Å². The number of nitrogens with two attached hydrogens (primary N) is 3. The van der Waals surface area contributed by atoms with Gasteiger partial charge in [-0.15, -0.1) is 0 Å². The minimum atomic E-state index is 0.0549. The van der Waals surface area contributed by atoms with Crippen molar-refractivity contribution in [1.82, 2.24) is 5.32 Å². The van der Waals surface area contributed by atoms with Gasteiger partial charge in [-0.05, 0) is 72.9 Å². The molecule has 0 aliphatic rings. The summed E-state index contributed by atoms with van der Waals surface area (Å²) in [5.74, 6) is 1.02. The first-order valence-corrected chi connectivity index (χ1v) is 10.3. The maximum absolute atomic E-state index is 7.43. The number of unbranched alkanes of at least 4 members (excludes halogenated alkanes) is 5. The molecule has 0 aliphatic heterocycles. The lowest BCUT2D eigenvalue weighted by atomic mass is 10.1. The highest BCUT2D eigenvalue weighted by molar-refractivity contribution is 9.10. The lowest BCUT2D eigenvalue weighted by Gasteiger charge is -2.10. The molecular weight excluding hydrogens is 408 g/mol. The molecule has 0 bridgehead atoms. The lowest BCUT2D eigenvalue weighted by molar-refractivity contribution is 0.304. The number of benzene rings is 1. The Labute approximate surface area is 170 Å².